The lowest BCUT2D eigenvalue weighted by molar-refractivity contribution is -0.145. The number of aliphatic hydroxyl groups is 1. The zero-order chi connectivity index (χ0) is 23.4. The van der Waals surface area contributed by atoms with Gasteiger partial charge in [-0.1, -0.05) is 0 Å². The van der Waals surface area contributed by atoms with Crippen LogP contribution in [0, 0.1) is 0 Å². The highest BCUT2D eigenvalue weighted by Crippen LogP contribution is 2.02. The minimum atomic E-state index is -1.67. The second kappa shape index (κ2) is 14.1. The number of amides is 4. The number of hydrogen-bond donors (Lipinski definition) is 8. The number of nitrogens with two attached hydrogens (primary N) is 2. The van der Waals surface area contributed by atoms with Gasteiger partial charge in [0.1, 0.15) is 12.1 Å². The average molecular weight is 468 g/mol. The second-order valence-corrected chi connectivity index (χ2v) is 7.78. The van der Waals surface area contributed by atoms with Crippen molar-refractivity contribution in [3.05, 3.63) is 0 Å². The van der Waals surface area contributed by atoms with Crippen molar-refractivity contribution >= 4 is 54.0 Å². The maximum atomic E-state index is 12.5. The fourth-order valence-corrected chi connectivity index (χ4v) is 2.92. The monoisotopic (exact) mass is 467 g/mol. The summed E-state index contributed by atoms with van der Waals surface area (Å²) in [6, 6.07) is -5.21. The van der Waals surface area contributed by atoms with E-state index in [9.17, 15) is 29.1 Å². The number of nitrogens with one attached hydrogen (secondary N) is 3. The van der Waals surface area contributed by atoms with Crippen molar-refractivity contribution in [1.82, 2.24) is 16.0 Å². The molecule has 0 radical (unpaired) electrons. The lowest BCUT2D eigenvalue weighted by Gasteiger charge is -2.24. The molecule has 0 aromatic heterocycles. The molecule has 0 aromatic carbocycles. The molecule has 172 valence electrons. The maximum Gasteiger partial charge on any atom is 0.328 e. The maximum absolute atomic E-state index is 12.5. The molecule has 0 saturated heterocycles. The van der Waals surface area contributed by atoms with Crippen molar-refractivity contribution in [2.75, 3.05) is 17.8 Å². The normalized spacial score (nSPS) is 15.8. The van der Waals surface area contributed by atoms with E-state index in [1.165, 1.54) is 11.8 Å². The summed E-state index contributed by atoms with van der Waals surface area (Å²) < 4.78 is 0. The number of carboxylic acids is 1. The minimum Gasteiger partial charge on any atom is -0.480 e. The van der Waals surface area contributed by atoms with Crippen LogP contribution >= 0.6 is 24.4 Å². The molecule has 5 unspecified atom stereocenters. The van der Waals surface area contributed by atoms with E-state index in [0.29, 0.717) is 12.2 Å². The molecule has 0 aliphatic heterocycles. The molecule has 0 bridgehead atoms. The van der Waals surface area contributed by atoms with Gasteiger partial charge >= 0.3 is 5.97 Å². The molecular weight excluding hydrogens is 438 g/mol. The number of thioether (sulfide) groups is 1. The van der Waals surface area contributed by atoms with Crippen LogP contribution in [0.15, 0.2) is 0 Å². The van der Waals surface area contributed by atoms with Gasteiger partial charge in [-0.05, 0) is 25.4 Å². The predicted octanol–water partition coefficient (Wildman–Crippen LogP) is -3.21. The highest BCUT2D eigenvalue weighted by atomic mass is 32.2. The SMILES string of the molecule is CSCCC(N)C(=O)NC(CS)C(=O)NC(CC(N)=O)C(=O)NC(C(=O)O)C(C)O. The third-order valence-electron chi connectivity index (χ3n) is 3.87. The number of thiol groups is 1. The molecule has 0 aromatic rings. The molecule has 9 N–H and O–H groups in total. The Labute approximate surface area is 183 Å². The number of aliphatic hydroxyl groups excluding tert-OH is 1. The van der Waals surface area contributed by atoms with Gasteiger partial charge in [-0.2, -0.15) is 24.4 Å². The molecule has 0 aliphatic rings. The largest absolute Gasteiger partial charge is 0.480 e. The first kappa shape index (κ1) is 28.0. The summed E-state index contributed by atoms with van der Waals surface area (Å²) >= 11 is 5.50. The van der Waals surface area contributed by atoms with Gasteiger partial charge in [-0.3, -0.25) is 19.2 Å². The summed E-state index contributed by atoms with van der Waals surface area (Å²) in [5, 5.41) is 25.2. The summed E-state index contributed by atoms with van der Waals surface area (Å²) in [4.78, 5) is 59.4. The predicted molar refractivity (Wildman–Crippen MR) is 114 cm³/mol. The second-order valence-electron chi connectivity index (χ2n) is 6.43. The van der Waals surface area contributed by atoms with Crippen LogP contribution in [0.2, 0.25) is 0 Å². The van der Waals surface area contributed by atoms with E-state index in [4.69, 9.17) is 16.6 Å². The molecule has 12 nitrogen and oxygen atoms in total. The van der Waals surface area contributed by atoms with Gasteiger partial charge in [0.05, 0.1) is 18.6 Å². The van der Waals surface area contributed by atoms with Crippen molar-refractivity contribution in [3.63, 3.8) is 0 Å². The molecule has 0 heterocycles. The lowest BCUT2D eigenvalue weighted by Crippen LogP contribution is -2.59. The summed E-state index contributed by atoms with van der Waals surface area (Å²) in [7, 11) is 0. The number of rotatable bonds is 14. The molecule has 0 aliphatic carbocycles. The zero-order valence-electron chi connectivity index (χ0n) is 16.7. The molecule has 5 atom stereocenters. The van der Waals surface area contributed by atoms with E-state index in [2.05, 4.69) is 23.3 Å². The van der Waals surface area contributed by atoms with Crippen LogP contribution in [0.1, 0.15) is 19.8 Å². The first-order valence-electron chi connectivity index (χ1n) is 8.90. The van der Waals surface area contributed by atoms with Crippen LogP contribution in [-0.4, -0.2) is 87.8 Å². The quantitative estimate of drug-likeness (QED) is 0.120. The molecule has 0 fully saturated rings. The Morgan fingerprint density at radius 2 is 1.57 bits per heavy atom. The Bertz CT molecular complexity index is 635. The van der Waals surface area contributed by atoms with Gasteiger partial charge < -0.3 is 37.6 Å². The fraction of sp³-hybridized carbons (Fsp3) is 0.688. The van der Waals surface area contributed by atoms with Crippen molar-refractivity contribution < 1.29 is 34.2 Å². The van der Waals surface area contributed by atoms with Gasteiger partial charge in [0.25, 0.3) is 0 Å². The van der Waals surface area contributed by atoms with Crippen LogP contribution in [0.25, 0.3) is 0 Å². The Kier molecular flexibility index (Phi) is 13.1. The molecule has 0 spiro atoms. The summed E-state index contributed by atoms with van der Waals surface area (Å²) in [5.74, 6) is -4.43. The smallest absolute Gasteiger partial charge is 0.328 e. The molecule has 14 heteroatoms. The molecule has 0 rings (SSSR count). The first-order chi connectivity index (χ1) is 13.9. The Hall–Kier alpha value is -2.03. The van der Waals surface area contributed by atoms with Gasteiger partial charge in [0.2, 0.25) is 23.6 Å². The third kappa shape index (κ3) is 10.1. The van der Waals surface area contributed by atoms with E-state index in [1.807, 2.05) is 11.6 Å². The van der Waals surface area contributed by atoms with Crippen molar-refractivity contribution in [2.24, 2.45) is 11.5 Å². The van der Waals surface area contributed by atoms with E-state index in [0.717, 1.165) is 6.92 Å². The van der Waals surface area contributed by atoms with Gasteiger partial charge in [-0.25, -0.2) is 4.79 Å². The van der Waals surface area contributed by atoms with Gasteiger partial charge in [-0.15, -0.1) is 0 Å². The molecule has 0 saturated carbocycles. The van der Waals surface area contributed by atoms with Crippen LogP contribution in [-0.2, 0) is 24.0 Å². The van der Waals surface area contributed by atoms with E-state index >= 15 is 0 Å². The Balaban J connectivity index is 5.22. The van der Waals surface area contributed by atoms with Crippen LogP contribution in [0.5, 0.6) is 0 Å². The topological polar surface area (TPSA) is 214 Å². The van der Waals surface area contributed by atoms with Crippen LogP contribution in [0.4, 0.5) is 0 Å². The van der Waals surface area contributed by atoms with Crippen molar-refractivity contribution in [3.8, 4) is 0 Å². The van der Waals surface area contributed by atoms with E-state index < -0.39 is 66.3 Å². The van der Waals surface area contributed by atoms with Gasteiger partial charge in [0, 0.05) is 5.75 Å². The van der Waals surface area contributed by atoms with Crippen molar-refractivity contribution in [1.29, 1.82) is 0 Å². The fourth-order valence-electron chi connectivity index (χ4n) is 2.17. The Morgan fingerprint density at radius 1 is 1.03 bits per heavy atom. The van der Waals surface area contributed by atoms with Crippen LogP contribution in [0.3, 0.4) is 0 Å². The zero-order valence-corrected chi connectivity index (χ0v) is 18.4. The molecule has 4 amide bonds. The lowest BCUT2D eigenvalue weighted by atomic mass is 10.1. The summed E-state index contributed by atoms with van der Waals surface area (Å²) in [6.45, 7) is 1.15. The van der Waals surface area contributed by atoms with Crippen LogP contribution < -0.4 is 27.4 Å². The average Bonchev–Trinajstić information content (AvgIpc) is 2.66. The number of carbonyl (C=O) groups excluding carboxylic acids is 4. The van der Waals surface area contributed by atoms with E-state index in [-0.39, 0.29) is 5.75 Å². The third-order valence-corrected chi connectivity index (χ3v) is 4.88. The Morgan fingerprint density at radius 3 is 2.00 bits per heavy atom. The number of aliphatic carboxylic acids is 1. The molecule has 30 heavy (non-hydrogen) atoms. The number of hydrogen-bond acceptors (Lipinski definition) is 9. The molecular formula is C16H29N5O7S2. The highest BCUT2D eigenvalue weighted by Gasteiger charge is 2.32. The standard InChI is InChI=1S/C16H29N5O7S2/c1-7(22)12(16(27)28)21-14(25)9(5-11(18)23)19-15(26)10(6-29)20-13(24)8(17)3-4-30-2/h7-10,12,22,29H,3-6,17H2,1-2H3,(H2,18,23)(H,19,26)(H,20,24)(H,21,25)(H,27,28). The summed E-state index contributed by atoms with van der Waals surface area (Å²) in [5.41, 5.74) is 10.8. The number of primary amides is 1. The summed E-state index contributed by atoms with van der Waals surface area (Å²) in [6.07, 6.45) is 0.162. The highest BCUT2D eigenvalue weighted by molar-refractivity contribution is 7.98. The number of carboxylic acid groups (broad SMARTS) is 1. The van der Waals surface area contributed by atoms with E-state index in [1.54, 1.807) is 0 Å². The number of carbonyl (C=O) groups is 5. The van der Waals surface area contributed by atoms with Crippen molar-refractivity contribution in [2.45, 2.75) is 50.0 Å². The minimum absolute atomic E-state index is 0.136. The first-order valence-corrected chi connectivity index (χ1v) is 10.9. The van der Waals surface area contributed by atoms with Gasteiger partial charge in [0.15, 0.2) is 6.04 Å².